The lowest BCUT2D eigenvalue weighted by Gasteiger charge is -2.29. The molecule has 3 heterocycles. The van der Waals surface area contributed by atoms with E-state index in [1.807, 2.05) is 29.2 Å². The molecular weight excluding hydrogens is 412 g/mol. The fraction of sp³-hybridized carbons (Fsp3) is 0.500. The van der Waals surface area contributed by atoms with E-state index in [0.29, 0.717) is 37.1 Å². The summed E-state index contributed by atoms with van der Waals surface area (Å²) >= 11 is 1.62. The normalized spacial score (nSPS) is 20.8. The fourth-order valence-corrected chi connectivity index (χ4v) is 5.76. The summed E-state index contributed by atoms with van der Waals surface area (Å²) < 4.78 is 11.1. The van der Waals surface area contributed by atoms with E-state index in [9.17, 15) is 9.59 Å². The zero-order chi connectivity index (χ0) is 21.4. The van der Waals surface area contributed by atoms with Crippen LogP contribution in [0.1, 0.15) is 46.3 Å². The molecule has 31 heavy (non-hydrogen) atoms. The van der Waals surface area contributed by atoms with Crippen LogP contribution in [0.15, 0.2) is 24.3 Å². The Kier molecular flexibility index (Phi) is 5.61. The summed E-state index contributed by atoms with van der Waals surface area (Å²) in [5.74, 6) is 2.17. The summed E-state index contributed by atoms with van der Waals surface area (Å²) in [4.78, 5) is 29.9. The summed E-state index contributed by atoms with van der Waals surface area (Å²) in [5, 5.41) is 3.03. The van der Waals surface area contributed by atoms with Crippen molar-refractivity contribution in [3.8, 4) is 11.5 Å². The zero-order valence-corrected chi connectivity index (χ0v) is 18.6. The number of nitrogens with one attached hydrogen (secondary N) is 1. The SMILES string of the molecule is CC1CCN(C(=O)c2cc3c(s2)CC[C@H](C(=O)Nc2ccc4c(c2)OCCO4)C3)CC1. The Morgan fingerprint density at radius 1 is 1.06 bits per heavy atom. The Balaban J connectivity index is 1.23. The molecule has 3 aliphatic rings. The standard InChI is InChI=1S/C24H28N2O4S/c1-15-6-8-26(9-7-15)24(28)22-13-17-12-16(2-5-21(17)31-22)23(27)25-18-3-4-19-20(14-18)30-11-10-29-19/h3-4,13-16H,2,5-12H2,1H3,(H,25,27)/t16-/m0/s1. The maximum Gasteiger partial charge on any atom is 0.263 e. The number of fused-ring (bicyclic) bond motifs is 2. The van der Waals surface area contributed by atoms with Gasteiger partial charge in [-0.2, -0.15) is 0 Å². The van der Waals surface area contributed by atoms with Crippen molar-refractivity contribution >= 4 is 28.8 Å². The summed E-state index contributed by atoms with van der Waals surface area (Å²) in [6.07, 6.45) is 4.51. The summed E-state index contributed by atoms with van der Waals surface area (Å²) in [6, 6.07) is 7.53. The molecule has 0 bridgehead atoms. The van der Waals surface area contributed by atoms with Crippen molar-refractivity contribution in [2.45, 2.75) is 39.0 Å². The molecule has 0 spiro atoms. The molecule has 1 atom stereocenters. The van der Waals surface area contributed by atoms with Crippen molar-refractivity contribution in [1.29, 1.82) is 0 Å². The van der Waals surface area contributed by atoms with Crippen molar-refractivity contribution in [3.63, 3.8) is 0 Å². The topological polar surface area (TPSA) is 67.9 Å². The van der Waals surface area contributed by atoms with Gasteiger partial charge in [-0.3, -0.25) is 9.59 Å². The van der Waals surface area contributed by atoms with Gasteiger partial charge in [-0.05, 0) is 61.8 Å². The number of carbonyl (C=O) groups excluding carboxylic acids is 2. The molecule has 1 aromatic carbocycles. The van der Waals surface area contributed by atoms with E-state index in [0.717, 1.165) is 54.9 Å². The maximum absolute atomic E-state index is 12.9. The Morgan fingerprint density at radius 2 is 1.84 bits per heavy atom. The first kappa shape index (κ1) is 20.4. The van der Waals surface area contributed by atoms with Gasteiger partial charge in [0.1, 0.15) is 13.2 Å². The molecule has 0 unspecified atom stereocenters. The minimum Gasteiger partial charge on any atom is -0.486 e. The van der Waals surface area contributed by atoms with Crippen LogP contribution in [-0.2, 0) is 17.6 Å². The number of amides is 2. The van der Waals surface area contributed by atoms with E-state index in [1.54, 1.807) is 11.3 Å². The van der Waals surface area contributed by atoms with Gasteiger partial charge in [-0.1, -0.05) is 6.92 Å². The van der Waals surface area contributed by atoms with Crippen molar-refractivity contribution in [3.05, 3.63) is 39.6 Å². The van der Waals surface area contributed by atoms with Gasteiger partial charge in [0.05, 0.1) is 4.88 Å². The average Bonchev–Trinajstić information content (AvgIpc) is 3.22. The molecule has 2 amide bonds. The number of carbonyl (C=O) groups is 2. The first-order chi connectivity index (χ1) is 15.1. The van der Waals surface area contributed by atoms with E-state index in [-0.39, 0.29) is 17.7 Å². The smallest absolute Gasteiger partial charge is 0.263 e. The minimum atomic E-state index is -0.0888. The van der Waals surface area contributed by atoms with Gasteiger partial charge in [0.15, 0.2) is 11.5 Å². The second-order valence-corrected chi connectivity index (χ2v) is 9.96. The molecule has 0 radical (unpaired) electrons. The number of rotatable bonds is 3. The third-order valence-electron chi connectivity index (χ3n) is 6.54. The average molecular weight is 441 g/mol. The molecule has 164 valence electrons. The van der Waals surface area contributed by atoms with Gasteiger partial charge in [-0.25, -0.2) is 0 Å². The number of hydrogen-bond acceptors (Lipinski definition) is 5. The number of nitrogens with zero attached hydrogens (tertiary/aromatic N) is 1. The third-order valence-corrected chi connectivity index (χ3v) is 7.77. The molecule has 1 fully saturated rings. The van der Waals surface area contributed by atoms with E-state index < -0.39 is 0 Å². The molecule has 1 aliphatic carbocycles. The number of hydrogen-bond donors (Lipinski definition) is 1. The zero-order valence-electron chi connectivity index (χ0n) is 17.8. The molecule has 1 saturated heterocycles. The van der Waals surface area contributed by atoms with Gasteiger partial charge in [0, 0.05) is 35.6 Å². The van der Waals surface area contributed by atoms with Crippen LogP contribution >= 0.6 is 11.3 Å². The summed E-state index contributed by atoms with van der Waals surface area (Å²) in [7, 11) is 0. The van der Waals surface area contributed by atoms with Crippen LogP contribution in [0.3, 0.4) is 0 Å². The maximum atomic E-state index is 12.9. The minimum absolute atomic E-state index is 0.0198. The molecule has 0 saturated carbocycles. The number of piperidine rings is 1. The largest absolute Gasteiger partial charge is 0.486 e. The molecule has 2 aromatic rings. The lowest BCUT2D eigenvalue weighted by atomic mass is 9.87. The van der Waals surface area contributed by atoms with Gasteiger partial charge in [0.25, 0.3) is 5.91 Å². The van der Waals surface area contributed by atoms with Gasteiger partial charge >= 0.3 is 0 Å². The second kappa shape index (κ2) is 8.54. The highest BCUT2D eigenvalue weighted by Crippen LogP contribution is 2.35. The quantitative estimate of drug-likeness (QED) is 0.779. The lowest BCUT2D eigenvalue weighted by Crippen LogP contribution is -2.37. The lowest BCUT2D eigenvalue weighted by molar-refractivity contribution is -0.120. The fourth-order valence-electron chi connectivity index (χ4n) is 4.59. The van der Waals surface area contributed by atoms with Gasteiger partial charge in [0.2, 0.25) is 5.91 Å². The van der Waals surface area contributed by atoms with Crippen LogP contribution in [0.4, 0.5) is 5.69 Å². The number of ether oxygens (including phenoxy) is 2. The van der Waals surface area contributed by atoms with Crippen molar-refractivity contribution in [2.24, 2.45) is 11.8 Å². The van der Waals surface area contributed by atoms with Crippen LogP contribution in [0.2, 0.25) is 0 Å². The van der Waals surface area contributed by atoms with Gasteiger partial charge < -0.3 is 19.7 Å². The van der Waals surface area contributed by atoms with Crippen LogP contribution in [0.25, 0.3) is 0 Å². The van der Waals surface area contributed by atoms with Crippen molar-refractivity contribution in [2.75, 3.05) is 31.6 Å². The highest BCUT2D eigenvalue weighted by molar-refractivity contribution is 7.14. The Bertz CT molecular complexity index is 993. The molecule has 5 rings (SSSR count). The molecule has 2 aliphatic heterocycles. The first-order valence-electron chi connectivity index (χ1n) is 11.2. The molecular formula is C24H28N2O4S. The first-order valence-corrected chi connectivity index (χ1v) is 12.0. The number of likely N-dealkylation sites (tertiary alicyclic amines) is 1. The highest BCUT2D eigenvalue weighted by Gasteiger charge is 2.29. The van der Waals surface area contributed by atoms with Crippen molar-refractivity contribution in [1.82, 2.24) is 4.90 Å². The van der Waals surface area contributed by atoms with Crippen molar-refractivity contribution < 1.29 is 19.1 Å². The molecule has 1 aromatic heterocycles. The van der Waals surface area contributed by atoms with Crippen LogP contribution in [0, 0.1) is 11.8 Å². The second-order valence-electron chi connectivity index (χ2n) is 8.82. The summed E-state index contributed by atoms with van der Waals surface area (Å²) in [5.41, 5.74) is 1.88. The predicted octanol–water partition coefficient (Wildman–Crippen LogP) is 4.14. The Hall–Kier alpha value is -2.54. The van der Waals surface area contributed by atoms with Crippen LogP contribution in [-0.4, -0.2) is 43.0 Å². The molecule has 6 nitrogen and oxygen atoms in total. The number of benzene rings is 1. The molecule has 7 heteroatoms. The number of aryl methyl sites for hydroxylation is 1. The van der Waals surface area contributed by atoms with Crippen LogP contribution in [0.5, 0.6) is 11.5 Å². The molecule has 1 N–H and O–H groups in total. The summed E-state index contributed by atoms with van der Waals surface area (Å²) in [6.45, 7) is 5.02. The monoisotopic (exact) mass is 440 g/mol. The van der Waals surface area contributed by atoms with E-state index in [4.69, 9.17) is 9.47 Å². The Labute approximate surface area is 186 Å². The van der Waals surface area contributed by atoms with E-state index >= 15 is 0 Å². The predicted molar refractivity (Wildman–Crippen MR) is 120 cm³/mol. The van der Waals surface area contributed by atoms with Gasteiger partial charge in [-0.15, -0.1) is 11.3 Å². The number of anilines is 1. The highest BCUT2D eigenvalue weighted by atomic mass is 32.1. The number of thiophene rings is 1. The Morgan fingerprint density at radius 3 is 2.65 bits per heavy atom. The van der Waals surface area contributed by atoms with E-state index in [2.05, 4.69) is 12.2 Å². The third kappa shape index (κ3) is 4.28. The van der Waals surface area contributed by atoms with E-state index in [1.165, 1.54) is 4.88 Å². The van der Waals surface area contributed by atoms with Crippen LogP contribution < -0.4 is 14.8 Å².